The molecule has 1 aromatic heterocycles. The van der Waals surface area contributed by atoms with Crippen molar-refractivity contribution < 1.29 is 9.90 Å². The predicted octanol–water partition coefficient (Wildman–Crippen LogP) is 2.51. The van der Waals surface area contributed by atoms with E-state index in [1.165, 1.54) is 11.8 Å². The summed E-state index contributed by atoms with van der Waals surface area (Å²) in [5.74, 6) is -0.809. The van der Waals surface area contributed by atoms with Crippen LogP contribution in [-0.4, -0.2) is 26.4 Å². The minimum atomic E-state index is -0.835. The summed E-state index contributed by atoms with van der Waals surface area (Å²) in [6.07, 6.45) is 0. The Hall–Kier alpha value is -1.01. The van der Waals surface area contributed by atoms with Gasteiger partial charge in [0.05, 0.1) is 16.8 Å². The van der Waals surface area contributed by atoms with E-state index in [-0.39, 0.29) is 5.75 Å². The zero-order valence-electron chi connectivity index (χ0n) is 8.48. The van der Waals surface area contributed by atoms with Crippen LogP contribution in [0, 0.1) is 0 Å². The van der Waals surface area contributed by atoms with Gasteiger partial charge in [-0.15, -0.1) is 0 Å². The number of carbonyl (C=O) groups is 1. The molecule has 0 unspecified atom stereocenters. The van der Waals surface area contributed by atoms with Crippen LogP contribution >= 0.6 is 27.7 Å². The van der Waals surface area contributed by atoms with Gasteiger partial charge in [-0.25, -0.2) is 4.98 Å². The fraction of sp³-hybridized carbons (Fsp3) is 0.200. The number of carboxylic acid groups (broad SMARTS) is 1. The minimum absolute atomic E-state index is 0.0261. The first-order chi connectivity index (χ1) is 7.58. The van der Waals surface area contributed by atoms with Gasteiger partial charge in [0.1, 0.15) is 0 Å². The number of fused-ring (bicyclic) bond motifs is 1. The van der Waals surface area contributed by atoms with Gasteiger partial charge < -0.3 is 9.67 Å². The summed E-state index contributed by atoms with van der Waals surface area (Å²) >= 11 is 4.62. The molecule has 2 rings (SSSR count). The van der Waals surface area contributed by atoms with Gasteiger partial charge in [0.2, 0.25) is 0 Å². The fourth-order valence-corrected chi connectivity index (χ4v) is 2.45. The van der Waals surface area contributed by atoms with E-state index < -0.39 is 5.97 Å². The van der Waals surface area contributed by atoms with Crippen LogP contribution in [0.2, 0.25) is 0 Å². The molecule has 1 heterocycles. The number of hydrogen-bond donors (Lipinski definition) is 1. The molecule has 0 aliphatic rings. The normalized spacial score (nSPS) is 10.9. The third-order valence-corrected chi connectivity index (χ3v) is 3.63. The summed E-state index contributed by atoms with van der Waals surface area (Å²) in [4.78, 5) is 14.9. The maximum absolute atomic E-state index is 10.5. The van der Waals surface area contributed by atoms with Crippen LogP contribution in [0.5, 0.6) is 0 Å². The lowest BCUT2D eigenvalue weighted by molar-refractivity contribution is -0.133. The van der Waals surface area contributed by atoms with Crippen molar-refractivity contribution in [3.8, 4) is 0 Å². The van der Waals surface area contributed by atoms with Crippen molar-refractivity contribution in [3.63, 3.8) is 0 Å². The zero-order chi connectivity index (χ0) is 11.7. The van der Waals surface area contributed by atoms with Crippen LogP contribution in [0.25, 0.3) is 11.0 Å². The van der Waals surface area contributed by atoms with Gasteiger partial charge in [0, 0.05) is 11.5 Å². The Morgan fingerprint density at radius 1 is 1.62 bits per heavy atom. The molecule has 0 fully saturated rings. The molecule has 4 nitrogen and oxygen atoms in total. The van der Waals surface area contributed by atoms with Gasteiger partial charge >= 0.3 is 5.97 Å². The number of thioether (sulfide) groups is 1. The molecular formula is C10H9BrN2O2S. The van der Waals surface area contributed by atoms with Gasteiger partial charge in [-0.05, 0) is 18.2 Å². The van der Waals surface area contributed by atoms with Crippen molar-refractivity contribution in [2.75, 3.05) is 5.75 Å². The lowest BCUT2D eigenvalue weighted by atomic mass is 10.3. The molecule has 0 aliphatic carbocycles. The van der Waals surface area contributed by atoms with E-state index in [2.05, 4.69) is 20.9 Å². The topological polar surface area (TPSA) is 55.1 Å². The summed E-state index contributed by atoms with van der Waals surface area (Å²) in [5.41, 5.74) is 1.86. The van der Waals surface area contributed by atoms with Crippen molar-refractivity contribution in [1.82, 2.24) is 9.55 Å². The highest BCUT2D eigenvalue weighted by Gasteiger charge is 2.09. The summed E-state index contributed by atoms with van der Waals surface area (Å²) in [5, 5.41) is 9.34. The first kappa shape index (κ1) is 11.5. The average molecular weight is 301 g/mol. The molecule has 0 saturated carbocycles. The molecule has 2 aromatic rings. The van der Waals surface area contributed by atoms with Crippen LogP contribution < -0.4 is 0 Å². The second-order valence-corrected chi connectivity index (χ2v) is 5.13. The summed E-state index contributed by atoms with van der Waals surface area (Å²) in [6.45, 7) is 0. The quantitative estimate of drug-likeness (QED) is 0.885. The number of benzene rings is 1. The molecule has 0 aliphatic heterocycles. The first-order valence-electron chi connectivity index (χ1n) is 4.54. The number of aryl methyl sites for hydroxylation is 1. The Morgan fingerprint density at radius 3 is 3.06 bits per heavy atom. The van der Waals surface area contributed by atoms with Crippen LogP contribution in [0.15, 0.2) is 27.8 Å². The van der Waals surface area contributed by atoms with Crippen molar-refractivity contribution in [2.24, 2.45) is 7.05 Å². The molecule has 0 bridgehead atoms. The van der Waals surface area contributed by atoms with Gasteiger partial charge in [-0.2, -0.15) is 0 Å². The highest BCUT2D eigenvalue weighted by molar-refractivity contribution is 9.10. The van der Waals surface area contributed by atoms with Gasteiger partial charge in [0.25, 0.3) is 0 Å². The van der Waals surface area contributed by atoms with Crippen molar-refractivity contribution in [3.05, 3.63) is 22.7 Å². The molecule has 0 saturated heterocycles. The summed E-state index contributed by atoms with van der Waals surface area (Å²) < 4.78 is 2.88. The molecule has 1 aromatic carbocycles. The molecule has 0 amide bonds. The summed E-state index contributed by atoms with van der Waals surface area (Å²) in [7, 11) is 1.88. The van der Waals surface area contributed by atoms with E-state index in [1.54, 1.807) is 0 Å². The van der Waals surface area contributed by atoms with E-state index in [0.717, 1.165) is 20.7 Å². The lowest BCUT2D eigenvalue weighted by Gasteiger charge is -1.99. The average Bonchev–Trinajstić information content (AvgIpc) is 2.53. The summed E-state index contributed by atoms with van der Waals surface area (Å²) in [6, 6.07) is 5.79. The number of hydrogen-bond acceptors (Lipinski definition) is 3. The van der Waals surface area contributed by atoms with Gasteiger partial charge in [-0.3, -0.25) is 4.79 Å². The maximum Gasteiger partial charge on any atom is 0.313 e. The molecular weight excluding hydrogens is 292 g/mol. The van der Waals surface area contributed by atoms with E-state index in [1.807, 2.05) is 29.8 Å². The van der Waals surface area contributed by atoms with Crippen molar-refractivity contribution in [1.29, 1.82) is 0 Å². The Labute approximate surface area is 105 Å². The fourth-order valence-electron chi connectivity index (χ4n) is 1.40. The predicted molar refractivity (Wildman–Crippen MR) is 66.8 cm³/mol. The van der Waals surface area contributed by atoms with E-state index in [0.29, 0.717) is 0 Å². The number of nitrogens with zero attached hydrogens (tertiary/aromatic N) is 2. The van der Waals surface area contributed by atoms with E-state index in [4.69, 9.17) is 5.11 Å². The zero-order valence-corrected chi connectivity index (χ0v) is 10.9. The van der Waals surface area contributed by atoms with Crippen LogP contribution in [0.1, 0.15) is 0 Å². The second kappa shape index (κ2) is 4.47. The molecule has 1 N–H and O–H groups in total. The Balaban J connectivity index is 2.40. The van der Waals surface area contributed by atoms with Gasteiger partial charge in [-0.1, -0.05) is 27.7 Å². The number of rotatable bonds is 3. The van der Waals surface area contributed by atoms with E-state index in [9.17, 15) is 4.79 Å². The maximum atomic E-state index is 10.5. The Morgan fingerprint density at radius 2 is 2.38 bits per heavy atom. The number of aromatic nitrogens is 2. The standard InChI is InChI=1S/C10H9BrN2O2S/c1-13-8-4-6(11)2-3-7(8)12-10(13)16-5-9(14)15/h2-4H,5H2,1H3,(H,14,15). The monoisotopic (exact) mass is 300 g/mol. The molecule has 0 radical (unpaired) electrons. The number of carboxylic acids is 1. The Bertz CT molecular complexity index is 553. The van der Waals surface area contributed by atoms with Crippen LogP contribution in [0.3, 0.4) is 0 Å². The minimum Gasteiger partial charge on any atom is -0.481 e. The number of aliphatic carboxylic acids is 1. The SMILES string of the molecule is Cn1c(SCC(=O)O)nc2ccc(Br)cc21. The second-order valence-electron chi connectivity index (χ2n) is 3.27. The molecule has 16 heavy (non-hydrogen) atoms. The van der Waals surface area contributed by atoms with E-state index >= 15 is 0 Å². The smallest absolute Gasteiger partial charge is 0.313 e. The van der Waals surface area contributed by atoms with Gasteiger partial charge in [0.15, 0.2) is 5.16 Å². The molecule has 84 valence electrons. The molecule has 6 heteroatoms. The molecule has 0 spiro atoms. The third-order valence-electron chi connectivity index (χ3n) is 2.13. The van der Waals surface area contributed by atoms with Crippen molar-refractivity contribution >= 4 is 44.7 Å². The molecule has 0 atom stereocenters. The first-order valence-corrected chi connectivity index (χ1v) is 6.32. The highest BCUT2D eigenvalue weighted by Crippen LogP contribution is 2.25. The van der Waals surface area contributed by atoms with Crippen LogP contribution in [0.4, 0.5) is 0 Å². The lowest BCUT2D eigenvalue weighted by Crippen LogP contribution is -2.00. The van der Waals surface area contributed by atoms with Crippen LogP contribution in [-0.2, 0) is 11.8 Å². The third kappa shape index (κ3) is 2.22. The van der Waals surface area contributed by atoms with Crippen molar-refractivity contribution in [2.45, 2.75) is 5.16 Å². The highest BCUT2D eigenvalue weighted by atomic mass is 79.9. The number of halogens is 1. The largest absolute Gasteiger partial charge is 0.481 e. The number of imidazole rings is 1. The Kier molecular flexibility index (Phi) is 3.20.